The van der Waals surface area contributed by atoms with Gasteiger partial charge < -0.3 is 4.74 Å². The molecule has 0 atom stereocenters. The van der Waals surface area contributed by atoms with E-state index in [-0.39, 0.29) is 5.82 Å². The average Bonchev–Trinajstić information content (AvgIpc) is 2.39. The van der Waals surface area contributed by atoms with Gasteiger partial charge >= 0.3 is 0 Å². The van der Waals surface area contributed by atoms with Crippen molar-refractivity contribution in [3.8, 4) is 17.6 Å². The molecule has 0 bridgehead atoms. The van der Waals surface area contributed by atoms with E-state index < -0.39 is 0 Å². The Hall–Kier alpha value is -1.79. The fourth-order valence-electron chi connectivity index (χ4n) is 1.96. The van der Waals surface area contributed by atoms with Gasteiger partial charge in [-0.1, -0.05) is 27.8 Å². The Morgan fingerprint density at radius 2 is 1.70 bits per heavy atom. The fourth-order valence-corrected chi connectivity index (χ4v) is 2.29. The van der Waals surface area contributed by atoms with E-state index in [4.69, 9.17) is 4.74 Å². The summed E-state index contributed by atoms with van der Waals surface area (Å²) in [4.78, 5) is 0. The van der Waals surface area contributed by atoms with Gasteiger partial charge in [-0.3, -0.25) is 0 Å². The summed E-state index contributed by atoms with van der Waals surface area (Å²) in [5, 5.41) is 0. The highest BCUT2D eigenvalue weighted by Crippen LogP contribution is 2.21. The lowest BCUT2D eigenvalue weighted by molar-refractivity contribution is 0.414. The van der Waals surface area contributed by atoms with Crippen LogP contribution in [0.15, 0.2) is 34.8 Å². The van der Waals surface area contributed by atoms with E-state index in [0.29, 0.717) is 10.0 Å². The average molecular weight is 333 g/mol. The van der Waals surface area contributed by atoms with Gasteiger partial charge in [-0.2, -0.15) is 0 Å². The number of aryl methyl sites for hydroxylation is 2. The van der Waals surface area contributed by atoms with E-state index in [0.717, 1.165) is 22.4 Å². The van der Waals surface area contributed by atoms with Gasteiger partial charge in [0.25, 0.3) is 0 Å². The molecule has 2 aromatic rings. The van der Waals surface area contributed by atoms with Crippen molar-refractivity contribution in [2.24, 2.45) is 0 Å². The van der Waals surface area contributed by atoms with Gasteiger partial charge in [0.1, 0.15) is 11.6 Å². The molecule has 2 aromatic carbocycles. The number of ether oxygens (including phenoxy) is 1. The number of methoxy groups -OCH3 is 1. The molecule has 0 aliphatic rings. The van der Waals surface area contributed by atoms with Gasteiger partial charge in [0.05, 0.1) is 12.7 Å². The summed E-state index contributed by atoms with van der Waals surface area (Å²) in [6.45, 7) is 3.94. The Bertz CT molecular complexity index is 688. The minimum atomic E-state index is -0.323. The molecular weight excluding hydrogens is 319 g/mol. The minimum absolute atomic E-state index is 0.323. The molecule has 1 nitrogen and oxygen atoms in total. The van der Waals surface area contributed by atoms with E-state index in [1.807, 2.05) is 26.0 Å². The zero-order valence-corrected chi connectivity index (χ0v) is 13.1. The molecule has 0 N–H and O–H groups in total. The maximum atomic E-state index is 13.7. The number of hydrogen-bond acceptors (Lipinski definition) is 1. The smallest absolute Gasteiger partial charge is 0.139 e. The zero-order chi connectivity index (χ0) is 14.7. The highest BCUT2D eigenvalue weighted by atomic mass is 79.9. The van der Waals surface area contributed by atoms with E-state index in [9.17, 15) is 4.39 Å². The molecule has 0 aromatic heterocycles. The first-order valence-electron chi connectivity index (χ1n) is 6.13. The lowest BCUT2D eigenvalue weighted by Crippen LogP contribution is -1.92. The molecular formula is C17H14BrFO. The summed E-state index contributed by atoms with van der Waals surface area (Å²) in [5.41, 5.74) is 3.34. The van der Waals surface area contributed by atoms with Crippen LogP contribution in [-0.4, -0.2) is 7.11 Å². The largest absolute Gasteiger partial charge is 0.497 e. The first-order valence-corrected chi connectivity index (χ1v) is 6.93. The highest BCUT2D eigenvalue weighted by Gasteiger charge is 2.04. The first kappa shape index (κ1) is 14.6. The van der Waals surface area contributed by atoms with Crippen LogP contribution in [0, 0.1) is 31.5 Å². The number of rotatable bonds is 1. The lowest BCUT2D eigenvalue weighted by atomic mass is 10.0. The Balaban J connectivity index is 2.43. The van der Waals surface area contributed by atoms with Crippen molar-refractivity contribution in [2.75, 3.05) is 7.11 Å². The van der Waals surface area contributed by atoms with Gasteiger partial charge in [-0.15, -0.1) is 0 Å². The SMILES string of the molecule is COc1cc(C)c(C#Cc2ccc(Br)cc2F)c(C)c1. The van der Waals surface area contributed by atoms with Crippen molar-refractivity contribution in [2.45, 2.75) is 13.8 Å². The van der Waals surface area contributed by atoms with Gasteiger partial charge in [0.15, 0.2) is 0 Å². The Morgan fingerprint density at radius 3 is 2.25 bits per heavy atom. The van der Waals surface area contributed by atoms with Crippen molar-refractivity contribution in [3.05, 3.63) is 62.9 Å². The maximum absolute atomic E-state index is 13.7. The predicted molar refractivity (Wildman–Crippen MR) is 82.5 cm³/mol. The van der Waals surface area contributed by atoms with Crippen LogP contribution in [0.2, 0.25) is 0 Å². The minimum Gasteiger partial charge on any atom is -0.497 e. The lowest BCUT2D eigenvalue weighted by Gasteiger charge is -2.07. The number of benzene rings is 2. The second kappa shape index (κ2) is 6.11. The van der Waals surface area contributed by atoms with Crippen LogP contribution in [0.1, 0.15) is 22.3 Å². The summed E-state index contributed by atoms with van der Waals surface area (Å²) in [5.74, 6) is 6.42. The molecule has 2 rings (SSSR count). The van der Waals surface area contributed by atoms with Crippen molar-refractivity contribution < 1.29 is 9.13 Å². The van der Waals surface area contributed by atoms with Crippen LogP contribution in [0.5, 0.6) is 5.75 Å². The van der Waals surface area contributed by atoms with Crippen molar-refractivity contribution in [1.82, 2.24) is 0 Å². The van der Waals surface area contributed by atoms with Gasteiger partial charge in [-0.05, 0) is 55.3 Å². The molecule has 0 amide bonds. The molecule has 0 heterocycles. The molecule has 0 aliphatic carbocycles. The molecule has 0 saturated heterocycles. The number of hydrogen-bond donors (Lipinski definition) is 0. The van der Waals surface area contributed by atoms with Crippen molar-refractivity contribution >= 4 is 15.9 Å². The summed E-state index contributed by atoms with van der Waals surface area (Å²) in [6.07, 6.45) is 0. The predicted octanol–water partition coefficient (Wildman–Crippen LogP) is 4.61. The van der Waals surface area contributed by atoms with Crippen LogP contribution in [0.3, 0.4) is 0 Å². The fraction of sp³-hybridized carbons (Fsp3) is 0.176. The summed E-state index contributed by atoms with van der Waals surface area (Å²) < 4.78 is 19.6. The maximum Gasteiger partial charge on any atom is 0.139 e. The van der Waals surface area contributed by atoms with E-state index in [2.05, 4.69) is 27.8 Å². The van der Waals surface area contributed by atoms with Crippen molar-refractivity contribution in [1.29, 1.82) is 0 Å². The quantitative estimate of drug-likeness (QED) is 0.693. The van der Waals surface area contributed by atoms with Gasteiger partial charge in [0, 0.05) is 10.0 Å². The molecule has 0 spiro atoms. The topological polar surface area (TPSA) is 9.23 Å². The zero-order valence-electron chi connectivity index (χ0n) is 11.6. The van der Waals surface area contributed by atoms with E-state index in [1.165, 1.54) is 6.07 Å². The first-order chi connectivity index (χ1) is 9.51. The van der Waals surface area contributed by atoms with Crippen LogP contribution < -0.4 is 4.74 Å². The van der Waals surface area contributed by atoms with Crippen molar-refractivity contribution in [3.63, 3.8) is 0 Å². The second-order valence-electron chi connectivity index (χ2n) is 4.51. The molecule has 0 fully saturated rings. The molecule has 0 radical (unpaired) electrons. The summed E-state index contributed by atoms with van der Waals surface area (Å²) in [6, 6.07) is 8.71. The van der Waals surface area contributed by atoms with Gasteiger partial charge in [0.2, 0.25) is 0 Å². The van der Waals surface area contributed by atoms with Crippen LogP contribution >= 0.6 is 15.9 Å². The van der Waals surface area contributed by atoms with Crippen LogP contribution in [0.4, 0.5) is 4.39 Å². The van der Waals surface area contributed by atoms with Crippen LogP contribution in [-0.2, 0) is 0 Å². The third kappa shape index (κ3) is 3.20. The molecule has 0 saturated carbocycles. The third-order valence-electron chi connectivity index (χ3n) is 3.00. The molecule has 0 aliphatic heterocycles. The molecule has 3 heteroatoms. The Kier molecular flexibility index (Phi) is 4.46. The monoisotopic (exact) mass is 332 g/mol. The summed E-state index contributed by atoms with van der Waals surface area (Å²) >= 11 is 3.23. The normalized spacial score (nSPS) is 9.85. The molecule has 20 heavy (non-hydrogen) atoms. The Labute approximate surface area is 126 Å². The number of halogens is 2. The summed E-state index contributed by atoms with van der Waals surface area (Å²) in [7, 11) is 1.64. The standard InChI is InChI=1S/C17H14BrFO/c1-11-8-15(20-3)9-12(2)16(11)7-5-13-4-6-14(18)10-17(13)19/h4,6,8-10H,1-3H3. The third-order valence-corrected chi connectivity index (χ3v) is 3.49. The van der Waals surface area contributed by atoms with Gasteiger partial charge in [-0.25, -0.2) is 4.39 Å². The Morgan fingerprint density at radius 1 is 1.05 bits per heavy atom. The molecule has 0 unspecified atom stereocenters. The highest BCUT2D eigenvalue weighted by molar-refractivity contribution is 9.10. The molecule has 102 valence electrons. The van der Waals surface area contributed by atoms with Crippen LogP contribution in [0.25, 0.3) is 0 Å². The van der Waals surface area contributed by atoms with E-state index >= 15 is 0 Å². The van der Waals surface area contributed by atoms with E-state index in [1.54, 1.807) is 19.2 Å². The second-order valence-corrected chi connectivity index (χ2v) is 5.43.